The number of likely N-dealkylation sites (N-methyl/N-ethyl adjacent to an activating group) is 1. The van der Waals surface area contributed by atoms with Crippen LogP contribution in [0.5, 0.6) is 0 Å². The molecule has 0 fully saturated rings. The fourth-order valence-electron chi connectivity index (χ4n) is 1.52. The molecule has 90 valence electrons. The summed E-state index contributed by atoms with van der Waals surface area (Å²) in [6, 6.07) is 9.43. The Bertz CT molecular complexity index is 394. The first-order valence-electron chi connectivity index (χ1n) is 5.55. The van der Waals surface area contributed by atoms with Crippen molar-refractivity contribution in [2.24, 2.45) is 0 Å². The maximum absolute atomic E-state index is 12.1. The van der Waals surface area contributed by atoms with Gasteiger partial charge in [-0.15, -0.1) is 6.42 Å². The Morgan fingerprint density at radius 1 is 1.47 bits per heavy atom. The Kier molecular flexibility index (Phi) is 5.25. The molecule has 0 heterocycles. The van der Waals surface area contributed by atoms with E-state index in [0.29, 0.717) is 6.61 Å². The van der Waals surface area contributed by atoms with Crippen molar-refractivity contribution in [2.45, 2.75) is 13.0 Å². The molecule has 17 heavy (non-hydrogen) atoms. The van der Waals surface area contributed by atoms with Crippen molar-refractivity contribution in [1.82, 2.24) is 4.90 Å². The zero-order valence-corrected chi connectivity index (χ0v) is 10.2. The largest absolute Gasteiger partial charge is 0.364 e. The maximum atomic E-state index is 12.1. The fourth-order valence-corrected chi connectivity index (χ4v) is 1.52. The monoisotopic (exact) mass is 231 g/mol. The highest BCUT2D eigenvalue weighted by Gasteiger charge is 2.23. The second-order valence-electron chi connectivity index (χ2n) is 3.64. The molecule has 0 aliphatic heterocycles. The molecule has 0 saturated heterocycles. The van der Waals surface area contributed by atoms with E-state index in [9.17, 15) is 4.79 Å². The zero-order chi connectivity index (χ0) is 12.7. The zero-order valence-electron chi connectivity index (χ0n) is 10.2. The number of hydrogen-bond donors (Lipinski definition) is 0. The first kappa shape index (κ1) is 13.3. The van der Waals surface area contributed by atoms with Crippen molar-refractivity contribution < 1.29 is 9.53 Å². The van der Waals surface area contributed by atoms with Crippen molar-refractivity contribution in [1.29, 1.82) is 0 Å². The number of hydrogen-bond acceptors (Lipinski definition) is 2. The minimum atomic E-state index is -0.570. The molecule has 0 saturated carbocycles. The van der Waals surface area contributed by atoms with Gasteiger partial charge in [-0.05, 0) is 12.5 Å². The Balaban J connectivity index is 2.87. The fraction of sp³-hybridized carbons (Fsp3) is 0.357. The molecular weight excluding hydrogens is 214 g/mol. The molecule has 1 amide bonds. The molecule has 0 aromatic heterocycles. The smallest absolute Gasteiger partial charge is 0.256 e. The minimum absolute atomic E-state index is 0.115. The van der Waals surface area contributed by atoms with Crippen molar-refractivity contribution in [2.75, 3.05) is 20.2 Å². The van der Waals surface area contributed by atoms with Gasteiger partial charge in [0, 0.05) is 13.7 Å². The van der Waals surface area contributed by atoms with E-state index in [4.69, 9.17) is 11.2 Å². The van der Waals surface area contributed by atoms with Gasteiger partial charge in [-0.3, -0.25) is 4.79 Å². The molecule has 1 aromatic carbocycles. The summed E-state index contributed by atoms with van der Waals surface area (Å²) >= 11 is 0. The van der Waals surface area contributed by atoms with E-state index in [-0.39, 0.29) is 12.5 Å². The van der Waals surface area contributed by atoms with Gasteiger partial charge in [-0.25, -0.2) is 0 Å². The minimum Gasteiger partial charge on any atom is -0.364 e. The highest BCUT2D eigenvalue weighted by molar-refractivity contribution is 5.82. The van der Waals surface area contributed by atoms with Crippen LogP contribution < -0.4 is 0 Å². The third-order valence-corrected chi connectivity index (χ3v) is 2.36. The molecule has 0 spiro atoms. The number of terminal acetylenes is 1. The molecule has 0 aliphatic rings. The van der Waals surface area contributed by atoms with Crippen LogP contribution in [0, 0.1) is 12.3 Å². The summed E-state index contributed by atoms with van der Waals surface area (Å²) in [6.07, 6.45) is 4.63. The van der Waals surface area contributed by atoms with E-state index in [0.717, 1.165) is 5.56 Å². The molecule has 0 N–H and O–H groups in total. The second-order valence-corrected chi connectivity index (χ2v) is 3.64. The molecule has 0 aliphatic carbocycles. The number of nitrogens with zero attached hydrogens (tertiary/aromatic N) is 1. The van der Waals surface area contributed by atoms with E-state index >= 15 is 0 Å². The summed E-state index contributed by atoms with van der Waals surface area (Å²) in [4.78, 5) is 13.6. The van der Waals surface area contributed by atoms with Crippen LogP contribution in [-0.2, 0) is 9.53 Å². The van der Waals surface area contributed by atoms with Crippen LogP contribution in [0.3, 0.4) is 0 Å². The first-order chi connectivity index (χ1) is 8.20. The number of rotatable bonds is 5. The molecule has 1 aromatic rings. The summed E-state index contributed by atoms with van der Waals surface area (Å²) in [5.74, 6) is 2.33. The van der Waals surface area contributed by atoms with E-state index in [1.165, 1.54) is 4.90 Å². The lowest BCUT2D eigenvalue weighted by atomic mass is 10.1. The van der Waals surface area contributed by atoms with E-state index in [2.05, 4.69) is 5.92 Å². The quantitative estimate of drug-likeness (QED) is 0.724. The van der Waals surface area contributed by atoms with Gasteiger partial charge in [0.15, 0.2) is 6.10 Å². The number of carbonyl (C=O) groups excluding carboxylic acids is 1. The number of amides is 1. The standard InChI is InChI=1S/C14H17NO2/c1-4-11-15(3)14(16)13(17-5-2)12-9-7-6-8-10-12/h1,6-10,13H,5,11H2,2-3H3/t13-/m1/s1. The van der Waals surface area contributed by atoms with Gasteiger partial charge in [-0.1, -0.05) is 36.3 Å². The van der Waals surface area contributed by atoms with E-state index in [1.54, 1.807) is 7.05 Å². The van der Waals surface area contributed by atoms with Gasteiger partial charge in [-0.2, -0.15) is 0 Å². The molecular formula is C14H17NO2. The SMILES string of the molecule is C#CCN(C)C(=O)[C@H](OCC)c1ccccc1. The molecule has 0 radical (unpaired) electrons. The second kappa shape index (κ2) is 6.72. The third-order valence-electron chi connectivity index (χ3n) is 2.36. The van der Waals surface area contributed by atoms with E-state index in [1.807, 2.05) is 37.3 Å². The van der Waals surface area contributed by atoms with Gasteiger partial charge in [0.05, 0.1) is 6.54 Å². The predicted octanol–water partition coefficient (Wildman–Crippen LogP) is 1.86. The van der Waals surface area contributed by atoms with Gasteiger partial charge < -0.3 is 9.64 Å². The summed E-state index contributed by atoms with van der Waals surface area (Å²) in [5.41, 5.74) is 0.850. The van der Waals surface area contributed by atoms with Crippen LogP contribution in [0.2, 0.25) is 0 Å². The van der Waals surface area contributed by atoms with Gasteiger partial charge >= 0.3 is 0 Å². The molecule has 3 nitrogen and oxygen atoms in total. The topological polar surface area (TPSA) is 29.5 Å². The molecule has 1 rings (SSSR count). The number of ether oxygens (including phenoxy) is 1. The van der Waals surface area contributed by atoms with Crippen LogP contribution in [0.4, 0.5) is 0 Å². The van der Waals surface area contributed by atoms with Crippen LogP contribution >= 0.6 is 0 Å². The Hall–Kier alpha value is -1.79. The van der Waals surface area contributed by atoms with Gasteiger partial charge in [0.1, 0.15) is 0 Å². The van der Waals surface area contributed by atoms with Crippen molar-refractivity contribution in [3.63, 3.8) is 0 Å². The number of carbonyl (C=O) groups is 1. The average Bonchev–Trinajstić information content (AvgIpc) is 2.36. The third kappa shape index (κ3) is 3.61. The van der Waals surface area contributed by atoms with Gasteiger partial charge in [0.2, 0.25) is 0 Å². The average molecular weight is 231 g/mol. The Morgan fingerprint density at radius 3 is 2.65 bits per heavy atom. The Morgan fingerprint density at radius 2 is 2.12 bits per heavy atom. The molecule has 1 atom stereocenters. The van der Waals surface area contributed by atoms with Crippen molar-refractivity contribution in [3.8, 4) is 12.3 Å². The predicted molar refractivity (Wildman–Crippen MR) is 67.3 cm³/mol. The molecule has 3 heteroatoms. The van der Waals surface area contributed by atoms with Gasteiger partial charge in [0.25, 0.3) is 5.91 Å². The Labute approximate surface area is 102 Å². The molecule has 0 unspecified atom stereocenters. The van der Waals surface area contributed by atoms with Crippen LogP contribution in [0.1, 0.15) is 18.6 Å². The lowest BCUT2D eigenvalue weighted by Gasteiger charge is -2.22. The summed E-state index contributed by atoms with van der Waals surface area (Å²) < 4.78 is 5.50. The highest BCUT2D eigenvalue weighted by atomic mass is 16.5. The van der Waals surface area contributed by atoms with E-state index < -0.39 is 6.10 Å². The first-order valence-corrected chi connectivity index (χ1v) is 5.55. The summed E-state index contributed by atoms with van der Waals surface area (Å²) in [7, 11) is 1.68. The number of benzene rings is 1. The summed E-state index contributed by atoms with van der Waals surface area (Å²) in [6.45, 7) is 2.63. The van der Waals surface area contributed by atoms with Crippen molar-refractivity contribution in [3.05, 3.63) is 35.9 Å². The van der Waals surface area contributed by atoms with Crippen LogP contribution in [0.25, 0.3) is 0 Å². The lowest BCUT2D eigenvalue weighted by molar-refractivity contribution is -0.142. The summed E-state index contributed by atoms with van der Waals surface area (Å²) in [5, 5.41) is 0. The normalized spacial score (nSPS) is 11.6. The lowest BCUT2D eigenvalue weighted by Crippen LogP contribution is -2.33. The highest BCUT2D eigenvalue weighted by Crippen LogP contribution is 2.19. The van der Waals surface area contributed by atoms with Crippen LogP contribution in [-0.4, -0.2) is 31.0 Å². The van der Waals surface area contributed by atoms with Crippen LogP contribution in [0.15, 0.2) is 30.3 Å². The maximum Gasteiger partial charge on any atom is 0.256 e. The van der Waals surface area contributed by atoms with Crippen molar-refractivity contribution >= 4 is 5.91 Å². The molecule has 0 bridgehead atoms.